The van der Waals surface area contributed by atoms with Gasteiger partial charge in [-0.1, -0.05) is 6.07 Å². The van der Waals surface area contributed by atoms with E-state index in [9.17, 15) is 4.79 Å². The third-order valence-corrected chi connectivity index (χ3v) is 4.95. The van der Waals surface area contributed by atoms with E-state index in [0.29, 0.717) is 25.2 Å². The monoisotopic (exact) mass is 380 g/mol. The van der Waals surface area contributed by atoms with Gasteiger partial charge in [0.2, 0.25) is 0 Å². The number of H-pyrrole nitrogens is 1. The van der Waals surface area contributed by atoms with E-state index in [0.717, 1.165) is 28.5 Å². The fraction of sp³-hybridized carbons (Fsp3) is 0.381. The van der Waals surface area contributed by atoms with E-state index in [4.69, 9.17) is 9.15 Å². The van der Waals surface area contributed by atoms with E-state index in [-0.39, 0.29) is 18.1 Å². The number of aromatic amines is 1. The Kier molecular flexibility index (Phi) is 5.00. The van der Waals surface area contributed by atoms with Crippen molar-refractivity contribution in [3.05, 3.63) is 70.7 Å². The third-order valence-electron chi connectivity index (χ3n) is 4.95. The van der Waals surface area contributed by atoms with E-state index in [2.05, 4.69) is 15.2 Å². The van der Waals surface area contributed by atoms with Gasteiger partial charge in [-0.05, 0) is 45.0 Å². The number of carbonyl (C=O) groups excluding carboxylic acids is 1. The van der Waals surface area contributed by atoms with Crippen LogP contribution in [0.15, 0.2) is 40.9 Å². The Balaban J connectivity index is 1.65. The first kappa shape index (κ1) is 18.4. The van der Waals surface area contributed by atoms with Crippen molar-refractivity contribution in [1.82, 2.24) is 20.1 Å². The van der Waals surface area contributed by atoms with Gasteiger partial charge in [0.1, 0.15) is 11.5 Å². The smallest absolute Gasteiger partial charge is 0.275 e. The summed E-state index contributed by atoms with van der Waals surface area (Å²) in [5.41, 5.74) is 3.09. The molecule has 0 fully saturated rings. The van der Waals surface area contributed by atoms with E-state index in [1.165, 1.54) is 0 Å². The summed E-state index contributed by atoms with van der Waals surface area (Å²) in [6.07, 6.45) is 2.33. The third kappa shape index (κ3) is 3.71. The molecule has 0 spiro atoms. The van der Waals surface area contributed by atoms with Gasteiger partial charge in [0, 0.05) is 18.2 Å². The van der Waals surface area contributed by atoms with Crippen LogP contribution >= 0.6 is 0 Å². The summed E-state index contributed by atoms with van der Waals surface area (Å²) in [4.78, 5) is 19.5. The van der Waals surface area contributed by atoms with Gasteiger partial charge in [-0.25, -0.2) is 0 Å². The number of rotatable bonds is 5. The van der Waals surface area contributed by atoms with Crippen LogP contribution in [0.3, 0.4) is 0 Å². The molecule has 0 aliphatic carbocycles. The predicted molar refractivity (Wildman–Crippen MR) is 103 cm³/mol. The van der Waals surface area contributed by atoms with Gasteiger partial charge in [-0.3, -0.25) is 14.9 Å². The summed E-state index contributed by atoms with van der Waals surface area (Å²) in [7, 11) is 0. The number of ether oxygens (including phenoxy) is 1. The molecule has 0 aromatic carbocycles. The number of fused-ring (bicyclic) bond motifs is 1. The number of aromatic nitrogens is 3. The van der Waals surface area contributed by atoms with Gasteiger partial charge >= 0.3 is 0 Å². The topological polar surface area (TPSA) is 84.2 Å². The molecule has 28 heavy (non-hydrogen) atoms. The zero-order valence-electron chi connectivity index (χ0n) is 16.3. The van der Waals surface area contributed by atoms with Gasteiger partial charge in [0.05, 0.1) is 36.7 Å². The molecule has 7 heteroatoms. The molecule has 7 nitrogen and oxygen atoms in total. The maximum atomic E-state index is 13.4. The number of aryl methyl sites for hydroxylation is 1. The highest BCUT2D eigenvalue weighted by Gasteiger charge is 2.31. The highest BCUT2D eigenvalue weighted by Crippen LogP contribution is 2.31. The molecular formula is C21H24N4O3. The van der Waals surface area contributed by atoms with Crippen LogP contribution in [0, 0.1) is 6.92 Å². The van der Waals surface area contributed by atoms with Crippen LogP contribution in [0.4, 0.5) is 0 Å². The van der Waals surface area contributed by atoms with Crippen molar-refractivity contribution in [3.63, 3.8) is 0 Å². The number of hydrogen-bond acceptors (Lipinski definition) is 5. The maximum absolute atomic E-state index is 13.4. The zero-order chi connectivity index (χ0) is 19.7. The molecule has 4 rings (SSSR count). The van der Waals surface area contributed by atoms with Crippen LogP contribution in [-0.2, 0) is 24.2 Å². The second-order valence-electron chi connectivity index (χ2n) is 7.25. The number of pyridine rings is 1. The summed E-state index contributed by atoms with van der Waals surface area (Å²) >= 11 is 0. The Hall–Kier alpha value is -2.93. The first-order valence-corrected chi connectivity index (χ1v) is 9.48. The fourth-order valence-electron chi connectivity index (χ4n) is 3.65. The first-order valence-electron chi connectivity index (χ1n) is 9.48. The number of nitrogens with zero attached hydrogens (tertiary/aromatic N) is 3. The van der Waals surface area contributed by atoms with Crippen molar-refractivity contribution >= 4 is 5.91 Å². The second kappa shape index (κ2) is 7.59. The van der Waals surface area contributed by atoms with Crippen LogP contribution < -0.4 is 0 Å². The minimum atomic E-state index is -0.140. The minimum Gasteiger partial charge on any atom is -0.464 e. The SMILES string of the molecule is Cc1ccc(CN(Cc2ccccn2)C(=O)c2n[nH]c3c2C[C@@H](C)O[C@H]3C)o1. The van der Waals surface area contributed by atoms with Crippen molar-refractivity contribution in [3.8, 4) is 0 Å². The summed E-state index contributed by atoms with van der Waals surface area (Å²) in [5.74, 6) is 1.41. The van der Waals surface area contributed by atoms with Gasteiger partial charge in [-0.15, -0.1) is 0 Å². The average molecular weight is 380 g/mol. The van der Waals surface area contributed by atoms with Crippen molar-refractivity contribution in [2.45, 2.75) is 52.5 Å². The molecule has 1 aliphatic heterocycles. The molecule has 1 aliphatic rings. The molecule has 146 valence electrons. The average Bonchev–Trinajstić information content (AvgIpc) is 3.27. The van der Waals surface area contributed by atoms with Crippen molar-refractivity contribution in [2.75, 3.05) is 0 Å². The van der Waals surface area contributed by atoms with Crippen LogP contribution in [0.25, 0.3) is 0 Å². The summed E-state index contributed by atoms with van der Waals surface area (Å²) in [5, 5.41) is 7.35. The van der Waals surface area contributed by atoms with Crippen molar-refractivity contribution in [2.24, 2.45) is 0 Å². The minimum absolute atomic E-state index is 0.0450. The molecule has 1 amide bonds. The molecule has 0 saturated carbocycles. The second-order valence-corrected chi connectivity index (χ2v) is 7.25. The van der Waals surface area contributed by atoms with Gasteiger partial charge in [-0.2, -0.15) is 5.10 Å². The Morgan fingerprint density at radius 3 is 2.82 bits per heavy atom. The standard InChI is InChI=1S/C21H24N4O3/c1-13-7-8-17(28-13)12-25(11-16-6-4-5-9-22-16)21(26)20-18-10-14(2)27-15(3)19(18)23-24-20/h4-9,14-15H,10-12H2,1-3H3,(H,23,24)/t14-,15+/m1/s1. The van der Waals surface area contributed by atoms with Crippen LogP contribution in [0.5, 0.6) is 0 Å². The normalized spacial score (nSPS) is 18.7. The van der Waals surface area contributed by atoms with Gasteiger partial charge in [0.25, 0.3) is 5.91 Å². The maximum Gasteiger partial charge on any atom is 0.275 e. The predicted octanol–water partition coefficient (Wildman–Crippen LogP) is 3.57. The molecule has 0 unspecified atom stereocenters. The lowest BCUT2D eigenvalue weighted by Gasteiger charge is -2.26. The number of furan rings is 1. The molecule has 3 aromatic rings. The van der Waals surface area contributed by atoms with E-state index < -0.39 is 0 Å². The molecule has 0 radical (unpaired) electrons. The molecule has 1 N–H and O–H groups in total. The molecular weight excluding hydrogens is 356 g/mol. The largest absolute Gasteiger partial charge is 0.464 e. The Bertz CT molecular complexity index is 963. The van der Waals surface area contributed by atoms with E-state index >= 15 is 0 Å². The van der Waals surface area contributed by atoms with Crippen molar-refractivity contribution in [1.29, 1.82) is 0 Å². The van der Waals surface area contributed by atoms with Crippen molar-refractivity contribution < 1.29 is 13.9 Å². The van der Waals surface area contributed by atoms with Crippen LogP contribution in [0.1, 0.15) is 58.9 Å². The molecule has 0 saturated heterocycles. The number of carbonyl (C=O) groups is 1. The lowest BCUT2D eigenvalue weighted by Crippen LogP contribution is -2.32. The highest BCUT2D eigenvalue weighted by atomic mass is 16.5. The number of amides is 1. The molecule has 3 aromatic heterocycles. The summed E-state index contributed by atoms with van der Waals surface area (Å²) < 4.78 is 11.5. The fourth-order valence-corrected chi connectivity index (χ4v) is 3.65. The number of nitrogens with one attached hydrogen (secondary N) is 1. The zero-order valence-corrected chi connectivity index (χ0v) is 16.3. The first-order chi connectivity index (χ1) is 13.5. The molecule has 0 bridgehead atoms. The van der Waals surface area contributed by atoms with E-state index in [1.807, 2.05) is 51.1 Å². The Morgan fingerprint density at radius 1 is 1.25 bits per heavy atom. The summed E-state index contributed by atoms with van der Waals surface area (Å²) in [6.45, 7) is 6.60. The van der Waals surface area contributed by atoms with Crippen LogP contribution in [0.2, 0.25) is 0 Å². The lowest BCUT2D eigenvalue weighted by molar-refractivity contribution is -0.00703. The molecule has 2 atom stereocenters. The van der Waals surface area contributed by atoms with Crippen LogP contribution in [-0.4, -0.2) is 32.1 Å². The number of hydrogen-bond donors (Lipinski definition) is 1. The molecule has 4 heterocycles. The Labute approximate surface area is 163 Å². The summed E-state index contributed by atoms with van der Waals surface area (Å²) in [6, 6.07) is 9.48. The highest BCUT2D eigenvalue weighted by molar-refractivity contribution is 5.94. The van der Waals surface area contributed by atoms with E-state index in [1.54, 1.807) is 11.1 Å². The van der Waals surface area contributed by atoms with Gasteiger partial charge < -0.3 is 14.1 Å². The lowest BCUT2D eigenvalue weighted by atomic mass is 9.99. The van der Waals surface area contributed by atoms with Gasteiger partial charge in [0.15, 0.2) is 5.69 Å². The Morgan fingerprint density at radius 2 is 2.11 bits per heavy atom. The quantitative estimate of drug-likeness (QED) is 0.731.